The number of hydrogen-bond acceptors (Lipinski definition) is 2. The lowest BCUT2D eigenvalue weighted by Gasteiger charge is -2.33. The van der Waals surface area contributed by atoms with Crippen LogP contribution in [0, 0.1) is 5.92 Å². The van der Waals surface area contributed by atoms with Crippen LogP contribution in [0.1, 0.15) is 64.7 Å². The van der Waals surface area contributed by atoms with E-state index in [-0.39, 0.29) is 0 Å². The first-order valence-electron chi connectivity index (χ1n) is 7.55. The van der Waals surface area contributed by atoms with Crippen molar-refractivity contribution < 1.29 is 4.79 Å². The predicted octanol–water partition coefficient (Wildman–Crippen LogP) is 3.40. The van der Waals surface area contributed by atoms with Gasteiger partial charge in [-0.25, -0.2) is 0 Å². The first-order chi connectivity index (χ1) is 8.29. The third-order valence-corrected chi connectivity index (χ3v) is 4.61. The molecule has 0 aromatic rings. The summed E-state index contributed by atoms with van der Waals surface area (Å²) >= 11 is 0. The van der Waals surface area contributed by atoms with E-state index in [1.807, 2.05) is 0 Å². The van der Waals surface area contributed by atoms with Crippen LogP contribution >= 0.6 is 0 Å². The SMILES string of the molecule is CCCC1CCCN(C2CCC(=O)CC2)CC1. The zero-order valence-electron chi connectivity index (χ0n) is 11.3. The van der Waals surface area contributed by atoms with Crippen LogP contribution in [0.4, 0.5) is 0 Å². The summed E-state index contributed by atoms with van der Waals surface area (Å²) in [5.74, 6) is 1.45. The largest absolute Gasteiger partial charge is 0.300 e. The number of rotatable bonds is 3. The molecule has 0 N–H and O–H groups in total. The smallest absolute Gasteiger partial charge is 0.133 e. The van der Waals surface area contributed by atoms with Crippen LogP contribution in [0.5, 0.6) is 0 Å². The highest BCUT2D eigenvalue weighted by molar-refractivity contribution is 5.79. The van der Waals surface area contributed by atoms with E-state index in [0.717, 1.165) is 31.6 Å². The Kier molecular flexibility index (Phi) is 5.02. The lowest BCUT2D eigenvalue weighted by atomic mass is 9.93. The summed E-state index contributed by atoms with van der Waals surface area (Å²) in [6.45, 7) is 4.86. The summed E-state index contributed by atoms with van der Waals surface area (Å²) in [5, 5.41) is 0. The van der Waals surface area contributed by atoms with Gasteiger partial charge < -0.3 is 4.90 Å². The molecule has 1 saturated heterocycles. The zero-order valence-corrected chi connectivity index (χ0v) is 11.3. The van der Waals surface area contributed by atoms with Crippen molar-refractivity contribution in [3.63, 3.8) is 0 Å². The number of ketones is 1. The number of carbonyl (C=O) groups is 1. The maximum absolute atomic E-state index is 11.3. The fraction of sp³-hybridized carbons (Fsp3) is 0.933. The first kappa shape index (κ1) is 13.1. The van der Waals surface area contributed by atoms with Crippen LogP contribution < -0.4 is 0 Å². The molecular formula is C15H27NO. The van der Waals surface area contributed by atoms with E-state index in [1.165, 1.54) is 45.2 Å². The molecular weight excluding hydrogens is 210 g/mol. The molecule has 1 unspecified atom stereocenters. The van der Waals surface area contributed by atoms with Gasteiger partial charge in [0.05, 0.1) is 0 Å². The van der Waals surface area contributed by atoms with Gasteiger partial charge >= 0.3 is 0 Å². The van der Waals surface area contributed by atoms with Gasteiger partial charge in [-0.05, 0) is 51.1 Å². The van der Waals surface area contributed by atoms with Gasteiger partial charge in [0.1, 0.15) is 5.78 Å². The summed E-state index contributed by atoms with van der Waals surface area (Å²) in [6, 6.07) is 0.716. The van der Waals surface area contributed by atoms with Crippen molar-refractivity contribution in [3.05, 3.63) is 0 Å². The number of carbonyl (C=O) groups excluding carboxylic acids is 1. The Hall–Kier alpha value is -0.370. The molecule has 0 amide bonds. The first-order valence-corrected chi connectivity index (χ1v) is 7.55. The van der Waals surface area contributed by atoms with Gasteiger partial charge in [0.25, 0.3) is 0 Å². The molecule has 2 nitrogen and oxygen atoms in total. The highest BCUT2D eigenvalue weighted by atomic mass is 16.1. The van der Waals surface area contributed by atoms with E-state index >= 15 is 0 Å². The molecule has 1 saturated carbocycles. The normalized spacial score (nSPS) is 29.2. The van der Waals surface area contributed by atoms with E-state index in [9.17, 15) is 4.79 Å². The van der Waals surface area contributed by atoms with Crippen molar-refractivity contribution in [3.8, 4) is 0 Å². The summed E-state index contributed by atoms with van der Waals surface area (Å²) in [7, 11) is 0. The Balaban J connectivity index is 1.79. The minimum atomic E-state index is 0.486. The van der Waals surface area contributed by atoms with Gasteiger partial charge in [-0.3, -0.25) is 4.79 Å². The number of Topliss-reactive ketones (excluding diaryl/α,β-unsaturated/α-hetero) is 1. The molecule has 0 aromatic heterocycles. The Morgan fingerprint density at radius 2 is 1.88 bits per heavy atom. The van der Waals surface area contributed by atoms with Gasteiger partial charge in [0, 0.05) is 18.9 Å². The molecule has 0 aromatic carbocycles. The molecule has 0 radical (unpaired) electrons. The second kappa shape index (κ2) is 6.53. The Morgan fingerprint density at radius 3 is 2.59 bits per heavy atom. The molecule has 1 heterocycles. The number of nitrogens with zero attached hydrogens (tertiary/aromatic N) is 1. The molecule has 1 atom stereocenters. The van der Waals surface area contributed by atoms with Crippen LogP contribution in [-0.4, -0.2) is 29.8 Å². The maximum atomic E-state index is 11.3. The van der Waals surface area contributed by atoms with Crippen molar-refractivity contribution in [2.75, 3.05) is 13.1 Å². The predicted molar refractivity (Wildman–Crippen MR) is 71.1 cm³/mol. The second-order valence-electron chi connectivity index (χ2n) is 5.89. The monoisotopic (exact) mass is 237 g/mol. The van der Waals surface area contributed by atoms with Crippen LogP contribution in [0.15, 0.2) is 0 Å². The summed E-state index contributed by atoms with van der Waals surface area (Å²) in [6.07, 6.45) is 10.8. The standard InChI is InChI=1S/C15H27NO/c1-2-4-13-5-3-11-16(12-10-13)14-6-8-15(17)9-7-14/h13-14H,2-12H2,1H3. The van der Waals surface area contributed by atoms with Crippen molar-refractivity contribution in [1.29, 1.82) is 0 Å². The average molecular weight is 237 g/mol. The fourth-order valence-electron chi connectivity index (χ4n) is 3.54. The minimum Gasteiger partial charge on any atom is -0.300 e. The molecule has 1 aliphatic carbocycles. The van der Waals surface area contributed by atoms with E-state index < -0.39 is 0 Å². The van der Waals surface area contributed by atoms with Crippen molar-refractivity contribution >= 4 is 5.78 Å². The van der Waals surface area contributed by atoms with E-state index in [1.54, 1.807) is 0 Å². The molecule has 2 rings (SSSR count). The zero-order chi connectivity index (χ0) is 12.1. The molecule has 98 valence electrons. The highest BCUT2D eigenvalue weighted by Gasteiger charge is 2.26. The third-order valence-electron chi connectivity index (χ3n) is 4.61. The average Bonchev–Trinajstić information content (AvgIpc) is 2.56. The number of likely N-dealkylation sites (tertiary alicyclic amines) is 1. The lowest BCUT2D eigenvalue weighted by Crippen LogP contribution is -2.38. The van der Waals surface area contributed by atoms with Crippen LogP contribution in [0.2, 0.25) is 0 Å². The van der Waals surface area contributed by atoms with Gasteiger partial charge in [0.15, 0.2) is 0 Å². The summed E-state index contributed by atoms with van der Waals surface area (Å²) < 4.78 is 0. The van der Waals surface area contributed by atoms with Gasteiger partial charge in [0.2, 0.25) is 0 Å². The lowest BCUT2D eigenvalue weighted by molar-refractivity contribution is -0.121. The molecule has 0 bridgehead atoms. The second-order valence-corrected chi connectivity index (χ2v) is 5.89. The molecule has 2 fully saturated rings. The summed E-state index contributed by atoms with van der Waals surface area (Å²) in [5.41, 5.74) is 0. The molecule has 0 spiro atoms. The molecule has 1 aliphatic heterocycles. The maximum Gasteiger partial charge on any atom is 0.133 e. The molecule has 17 heavy (non-hydrogen) atoms. The van der Waals surface area contributed by atoms with Crippen LogP contribution in [-0.2, 0) is 4.79 Å². The molecule has 2 heteroatoms. The van der Waals surface area contributed by atoms with E-state index in [4.69, 9.17) is 0 Å². The Labute approximate surface area is 106 Å². The van der Waals surface area contributed by atoms with Crippen molar-refractivity contribution in [1.82, 2.24) is 4.90 Å². The number of hydrogen-bond donors (Lipinski definition) is 0. The topological polar surface area (TPSA) is 20.3 Å². The van der Waals surface area contributed by atoms with Gasteiger partial charge in [-0.1, -0.05) is 19.8 Å². The quantitative estimate of drug-likeness (QED) is 0.750. The van der Waals surface area contributed by atoms with Crippen LogP contribution in [0.25, 0.3) is 0 Å². The Morgan fingerprint density at radius 1 is 1.12 bits per heavy atom. The third kappa shape index (κ3) is 3.80. The minimum absolute atomic E-state index is 0.486. The van der Waals surface area contributed by atoms with Gasteiger partial charge in [-0.15, -0.1) is 0 Å². The van der Waals surface area contributed by atoms with Crippen LogP contribution in [0.3, 0.4) is 0 Å². The van der Waals surface area contributed by atoms with E-state index in [0.29, 0.717) is 11.8 Å². The van der Waals surface area contributed by atoms with Gasteiger partial charge in [-0.2, -0.15) is 0 Å². The van der Waals surface area contributed by atoms with Crippen molar-refractivity contribution in [2.45, 2.75) is 70.8 Å². The van der Waals surface area contributed by atoms with E-state index in [2.05, 4.69) is 11.8 Å². The highest BCUT2D eigenvalue weighted by Crippen LogP contribution is 2.27. The summed E-state index contributed by atoms with van der Waals surface area (Å²) in [4.78, 5) is 14.0. The fourth-order valence-corrected chi connectivity index (χ4v) is 3.54. The van der Waals surface area contributed by atoms with Crippen molar-refractivity contribution in [2.24, 2.45) is 5.92 Å². The Bertz CT molecular complexity index is 241. The molecule has 2 aliphatic rings.